The van der Waals surface area contributed by atoms with E-state index in [9.17, 15) is 13.6 Å². The van der Waals surface area contributed by atoms with Crippen LogP contribution in [0, 0.1) is 17.0 Å². The highest BCUT2D eigenvalue weighted by Gasteiger charge is 2.21. The SMILES string of the molecule is CC(C)(C)C(=O)Nc1ccc(Nc2ccc(F)cc2F)cn1. The van der Waals surface area contributed by atoms with E-state index in [0.29, 0.717) is 11.5 Å². The van der Waals surface area contributed by atoms with Gasteiger partial charge in [0, 0.05) is 11.5 Å². The van der Waals surface area contributed by atoms with E-state index < -0.39 is 17.0 Å². The lowest BCUT2D eigenvalue weighted by molar-refractivity contribution is -0.123. The summed E-state index contributed by atoms with van der Waals surface area (Å²) in [4.78, 5) is 15.9. The van der Waals surface area contributed by atoms with Gasteiger partial charge in [0.05, 0.1) is 17.6 Å². The molecule has 1 heterocycles. The van der Waals surface area contributed by atoms with Crippen molar-refractivity contribution >= 4 is 23.1 Å². The minimum Gasteiger partial charge on any atom is -0.352 e. The number of carbonyl (C=O) groups excluding carboxylic acids is 1. The minimum absolute atomic E-state index is 0.148. The van der Waals surface area contributed by atoms with E-state index in [1.807, 2.05) is 0 Å². The largest absolute Gasteiger partial charge is 0.352 e. The number of benzene rings is 1. The monoisotopic (exact) mass is 305 g/mol. The topological polar surface area (TPSA) is 54.0 Å². The summed E-state index contributed by atoms with van der Waals surface area (Å²) in [7, 11) is 0. The van der Waals surface area contributed by atoms with Crippen LogP contribution in [0.4, 0.5) is 26.0 Å². The molecule has 4 nitrogen and oxygen atoms in total. The van der Waals surface area contributed by atoms with Crippen molar-refractivity contribution in [1.29, 1.82) is 0 Å². The summed E-state index contributed by atoms with van der Waals surface area (Å²) >= 11 is 0. The first-order chi connectivity index (χ1) is 10.3. The maximum absolute atomic E-state index is 13.5. The predicted molar refractivity (Wildman–Crippen MR) is 82.0 cm³/mol. The lowest BCUT2D eigenvalue weighted by Crippen LogP contribution is -2.27. The Hall–Kier alpha value is -2.50. The fourth-order valence-corrected chi connectivity index (χ4v) is 1.59. The number of aromatic nitrogens is 1. The average Bonchev–Trinajstić information content (AvgIpc) is 2.43. The lowest BCUT2D eigenvalue weighted by atomic mass is 9.96. The van der Waals surface area contributed by atoms with Crippen LogP contribution in [0.2, 0.25) is 0 Å². The first kappa shape index (κ1) is 15.9. The molecule has 0 atom stereocenters. The zero-order valence-corrected chi connectivity index (χ0v) is 12.6. The summed E-state index contributed by atoms with van der Waals surface area (Å²) in [6.45, 7) is 5.40. The second-order valence-corrected chi connectivity index (χ2v) is 5.89. The number of halogens is 2. The summed E-state index contributed by atoms with van der Waals surface area (Å²) in [6.07, 6.45) is 1.46. The molecular formula is C16H17F2N3O. The van der Waals surface area contributed by atoms with Crippen molar-refractivity contribution in [2.75, 3.05) is 10.6 Å². The number of amides is 1. The number of rotatable bonds is 3. The molecule has 6 heteroatoms. The van der Waals surface area contributed by atoms with Gasteiger partial charge in [0.2, 0.25) is 5.91 Å². The van der Waals surface area contributed by atoms with E-state index in [-0.39, 0.29) is 11.6 Å². The van der Waals surface area contributed by atoms with Crippen molar-refractivity contribution in [3.8, 4) is 0 Å². The molecule has 0 unspecified atom stereocenters. The first-order valence-corrected chi connectivity index (χ1v) is 6.75. The standard InChI is InChI=1S/C16H17F2N3O/c1-16(2,3)15(22)21-14-7-5-11(9-19-14)20-13-6-4-10(17)8-12(13)18/h4-9,20H,1-3H3,(H,19,21,22). The molecule has 2 aromatic rings. The first-order valence-electron chi connectivity index (χ1n) is 6.75. The number of hydrogen-bond acceptors (Lipinski definition) is 3. The quantitative estimate of drug-likeness (QED) is 0.898. The molecule has 0 saturated heterocycles. The fraction of sp³-hybridized carbons (Fsp3) is 0.250. The summed E-state index contributed by atoms with van der Waals surface area (Å²) in [5, 5.41) is 5.48. The minimum atomic E-state index is -0.690. The van der Waals surface area contributed by atoms with Crippen LogP contribution in [0.5, 0.6) is 0 Å². The highest BCUT2D eigenvalue weighted by atomic mass is 19.1. The molecule has 0 bridgehead atoms. The third-order valence-corrected chi connectivity index (χ3v) is 2.90. The molecule has 0 spiro atoms. The average molecular weight is 305 g/mol. The number of hydrogen-bond donors (Lipinski definition) is 2. The maximum Gasteiger partial charge on any atom is 0.230 e. The van der Waals surface area contributed by atoms with Crippen molar-refractivity contribution in [1.82, 2.24) is 4.98 Å². The summed E-state index contributed by atoms with van der Waals surface area (Å²) in [5.74, 6) is -1.07. The fourth-order valence-electron chi connectivity index (χ4n) is 1.59. The number of pyridine rings is 1. The van der Waals surface area contributed by atoms with Gasteiger partial charge in [0.1, 0.15) is 17.5 Å². The normalized spacial score (nSPS) is 11.1. The smallest absolute Gasteiger partial charge is 0.230 e. The Morgan fingerprint density at radius 2 is 1.86 bits per heavy atom. The molecule has 2 N–H and O–H groups in total. The van der Waals surface area contributed by atoms with Crippen LogP contribution in [0.1, 0.15) is 20.8 Å². The van der Waals surface area contributed by atoms with Gasteiger partial charge in [-0.25, -0.2) is 13.8 Å². The number of nitrogens with one attached hydrogen (secondary N) is 2. The molecule has 1 aromatic carbocycles. The Morgan fingerprint density at radius 3 is 2.41 bits per heavy atom. The lowest BCUT2D eigenvalue weighted by Gasteiger charge is -2.17. The van der Waals surface area contributed by atoms with E-state index in [1.54, 1.807) is 32.9 Å². The summed E-state index contributed by atoms with van der Waals surface area (Å²) < 4.78 is 26.4. The number of nitrogens with zero attached hydrogens (tertiary/aromatic N) is 1. The Kier molecular flexibility index (Phi) is 4.40. The maximum atomic E-state index is 13.5. The van der Waals surface area contributed by atoms with Gasteiger partial charge in [-0.3, -0.25) is 4.79 Å². The van der Waals surface area contributed by atoms with Gasteiger partial charge in [0.25, 0.3) is 0 Å². The highest BCUT2D eigenvalue weighted by molar-refractivity contribution is 5.93. The summed E-state index contributed by atoms with van der Waals surface area (Å²) in [5.41, 5.74) is 0.157. The Bertz CT molecular complexity index is 679. The molecule has 116 valence electrons. The highest BCUT2D eigenvalue weighted by Crippen LogP contribution is 2.21. The van der Waals surface area contributed by atoms with Crippen LogP contribution in [0.25, 0.3) is 0 Å². The molecule has 0 fully saturated rings. The van der Waals surface area contributed by atoms with Crippen LogP contribution in [-0.2, 0) is 4.79 Å². The van der Waals surface area contributed by atoms with Crippen LogP contribution < -0.4 is 10.6 Å². The van der Waals surface area contributed by atoms with Crippen LogP contribution in [0.15, 0.2) is 36.5 Å². The van der Waals surface area contributed by atoms with E-state index in [4.69, 9.17) is 0 Å². The molecule has 1 aromatic heterocycles. The van der Waals surface area contributed by atoms with E-state index >= 15 is 0 Å². The second-order valence-electron chi connectivity index (χ2n) is 5.89. The van der Waals surface area contributed by atoms with Crippen LogP contribution in [-0.4, -0.2) is 10.9 Å². The molecule has 1 amide bonds. The molecule has 0 aliphatic carbocycles. The molecular weight excluding hydrogens is 288 g/mol. The van der Waals surface area contributed by atoms with Gasteiger partial charge in [-0.1, -0.05) is 20.8 Å². The van der Waals surface area contributed by atoms with Crippen molar-refractivity contribution < 1.29 is 13.6 Å². The zero-order valence-electron chi connectivity index (χ0n) is 12.6. The van der Waals surface area contributed by atoms with Crippen LogP contribution >= 0.6 is 0 Å². The van der Waals surface area contributed by atoms with Gasteiger partial charge in [-0.05, 0) is 24.3 Å². The van der Waals surface area contributed by atoms with Crippen molar-refractivity contribution in [2.24, 2.45) is 5.41 Å². The number of carbonyl (C=O) groups is 1. The molecule has 0 saturated carbocycles. The number of anilines is 3. The van der Waals surface area contributed by atoms with Crippen LogP contribution in [0.3, 0.4) is 0 Å². The van der Waals surface area contributed by atoms with Gasteiger partial charge < -0.3 is 10.6 Å². The van der Waals surface area contributed by atoms with Crippen molar-refractivity contribution in [3.05, 3.63) is 48.2 Å². The second kappa shape index (κ2) is 6.09. The van der Waals surface area contributed by atoms with E-state index in [2.05, 4.69) is 15.6 Å². The third-order valence-electron chi connectivity index (χ3n) is 2.90. The molecule has 0 aliphatic heterocycles. The Morgan fingerprint density at radius 1 is 1.14 bits per heavy atom. The molecule has 0 radical (unpaired) electrons. The van der Waals surface area contributed by atoms with Crippen molar-refractivity contribution in [2.45, 2.75) is 20.8 Å². The Labute approximate surface area is 127 Å². The van der Waals surface area contributed by atoms with E-state index in [0.717, 1.165) is 12.1 Å². The molecule has 0 aliphatic rings. The summed E-state index contributed by atoms with van der Waals surface area (Å²) in [6, 6.07) is 6.52. The van der Waals surface area contributed by atoms with Crippen molar-refractivity contribution in [3.63, 3.8) is 0 Å². The van der Waals surface area contributed by atoms with E-state index in [1.165, 1.54) is 12.3 Å². The Balaban J connectivity index is 2.07. The van der Waals surface area contributed by atoms with Gasteiger partial charge in [0.15, 0.2) is 0 Å². The third kappa shape index (κ3) is 4.00. The predicted octanol–water partition coefficient (Wildman–Crippen LogP) is 4.09. The zero-order chi connectivity index (χ0) is 16.3. The van der Waals surface area contributed by atoms with Gasteiger partial charge in [-0.2, -0.15) is 0 Å². The van der Waals surface area contributed by atoms with Gasteiger partial charge >= 0.3 is 0 Å². The molecule has 22 heavy (non-hydrogen) atoms. The van der Waals surface area contributed by atoms with Gasteiger partial charge in [-0.15, -0.1) is 0 Å². The molecule has 2 rings (SSSR count).